The molecule has 0 amide bonds. The van der Waals surface area contributed by atoms with E-state index in [1.54, 1.807) is 0 Å². The van der Waals surface area contributed by atoms with Crippen LogP contribution in [0.5, 0.6) is 0 Å². The Bertz CT molecular complexity index is 6050. The minimum atomic E-state index is 0. The molecule has 0 saturated heterocycles. The van der Waals surface area contributed by atoms with E-state index in [0.717, 1.165) is 38.6 Å². The fourth-order valence-corrected chi connectivity index (χ4v) is 15.6. The molecule has 464 valence electrons. The van der Waals surface area contributed by atoms with Gasteiger partial charge in [0.2, 0.25) is 0 Å². The first-order valence-corrected chi connectivity index (χ1v) is 33.9. The maximum absolute atomic E-state index is 3.66. The summed E-state index contributed by atoms with van der Waals surface area (Å²) >= 11 is 3.66. The van der Waals surface area contributed by atoms with E-state index in [0.29, 0.717) is 0 Å². The number of hydrogen-bond acceptors (Lipinski definition) is 2. The zero-order valence-electron chi connectivity index (χ0n) is 52.9. The molecule has 0 atom stereocenters. The average Bonchev–Trinajstić information content (AvgIpc) is 1.54. The van der Waals surface area contributed by atoms with Crippen molar-refractivity contribution in [2.75, 3.05) is 10.2 Å². The number of benzene rings is 16. The molecule has 16 aromatic carbocycles. The van der Waals surface area contributed by atoms with Crippen LogP contribution in [0, 0.1) is 0 Å². The van der Waals surface area contributed by atoms with Crippen molar-refractivity contribution in [3.63, 3.8) is 0 Å². The highest BCUT2D eigenvalue weighted by Crippen LogP contribution is 2.52. The largest absolute Gasteiger partial charge is 0.356 e. The van der Waals surface area contributed by atoms with Gasteiger partial charge in [0.1, 0.15) is 0 Å². The molecule has 18 aromatic rings. The van der Waals surface area contributed by atoms with Gasteiger partial charge in [-0.2, -0.15) is 0 Å². The Labute approximate surface area is 579 Å². The van der Waals surface area contributed by atoms with Crippen LogP contribution in [0.1, 0.15) is 7.43 Å². The third-order valence-corrected chi connectivity index (χ3v) is 19.8. The summed E-state index contributed by atoms with van der Waals surface area (Å²) in [6, 6.07) is 131. The fraction of sp³-hybridized carbons (Fsp3) is 0.0108. The summed E-state index contributed by atoms with van der Waals surface area (Å²) in [5.74, 6) is 0. The zero-order chi connectivity index (χ0) is 64.3. The molecule has 0 saturated carbocycles. The number of para-hydroxylation sites is 2. The maximum Gasteiger partial charge on any atom is 0.0548 e. The minimum absolute atomic E-state index is 0. The summed E-state index contributed by atoms with van der Waals surface area (Å²) in [6.07, 6.45) is 0. The first-order chi connectivity index (χ1) is 48.1. The van der Waals surface area contributed by atoms with E-state index >= 15 is 0 Å². The Morgan fingerprint density at radius 2 is 0.592 bits per heavy atom. The van der Waals surface area contributed by atoms with Crippen LogP contribution in [-0.2, 0) is 0 Å². The minimum Gasteiger partial charge on any atom is -0.356 e. The molecular formula is C93H65BrN4. The van der Waals surface area contributed by atoms with Gasteiger partial charge < -0.3 is 19.4 Å². The quantitative estimate of drug-likeness (QED) is 0.156. The smallest absolute Gasteiger partial charge is 0.0548 e. The lowest BCUT2D eigenvalue weighted by molar-refractivity contribution is 1.17. The summed E-state index contributed by atoms with van der Waals surface area (Å²) in [6.45, 7) is 0. The Morgan fingerprint density at radius 3 is 1.11 bits per heavy atom. The summed E-state index contributed by atoms with van der Waals surface area (Å²) in [5, 5.41) is 14.0. The lowest BCUT2D eigenvalue weighted by Gasteiger charge is -2.26. The average molecular weight is 1320 g/mol. The third-order valence-electron chi connectivity index (χ3n) is 19.3. The lowest BCUT2D eigenvalue weighted by Crippen LogP contribution is -2.10. The maximum atomic E-state index is 3.66. The van der Waals surface area contributed by atoms with E-state index < -0.39 is 0 Å². The molecule has 98 heavy (non-hydrogen) atoms. The van der Waals surface area contributed by atoms with Crippen molar-refractivity contribution in [1.29, 1.82) is 0 Å². The third kappa shape index (κ3) is 10.3. The van der Waals surface area contributed by atoms with Gasteiger partial charge in [-0.25, -0.2) is 0 Å². The molecule has 2 aromatic heterocycles. The molecule has 0 bridgehead atoms. The van der Waals surface area contributed by atoms with Gasteiger partial charge in [0.05, 0.1) is 22.1 Å². The molecule has 4 nitrogen and oxygen atoms in total. The van der Waals surface area contributed by atoms with Gasteiger partial charge in [-0.1, -0.05) is 278 Å². The molecule has 1 N–H and O–H groups in total. The summed E-state index contributed by atoms with van der Waals surface area (Å²) in [7, 11) is 0. The number of hydrogen-bond donors (Lipinski definition) is 1. The van der Waals surface area contributed by atoms with Gasteiger partial charge >= 0.3 is 0 Å². The van der Waals surface area contributed by atoms with Gasteiger partial charge in [0.25, 0.3) is 0 Å². The van der Waals surface area contributed by atoms with Crippen LogP contribution >= 0.6 is 15.9 Å². The van der Waals surface area contributed by atoms with Crippen molar-refractivity contribution in [3.05, 3.63) is 368 Å². The Morgan fingerprint density at radius 1 is 0.235 bits per heavy atom. The Hall–Kier alpha value is -12.3. The van der Waals surface area contributed by atoms with E-state index in [9.17, 15) is 0 Å². The molecule has 2 heterocycles. The summed E-state index contributed by atoms with van der Waals surface area (Å²) in [4.78, 5) is 2.36. The predicted octanol–water partition coefficient (Wildman–Crippen LogP) is 26.8. The van der Waals surface area contributed by atoms with Crippen molar-refractivity contribution < 1.29 is 0 Å². The molecule has 0 aliphatic heterocycles. The van der Waals surface area contributed by atoms with Gasteiger partial charge in [-0.15, -0.1) is 0 Å². The summed E-state index contributed by atoms with van der Waals surface area (Å²) < 4.78 is 5.96. The van der Waals surface area contributed by atoms with Crippen molar-refractivity contribution in [1.82, 2.24) is 9.13 Å². The normalized spacial score (nSPS) is 11.4. The van der Waals surface area contributed by atoms with Crippen LogP contribution in [0.4, 0.5) is 28.4 Å². The topological polar surface area (TPSA) is 25.1 Å². The van der Waals surface area contributed by atoms with E-state index in [1.807, 2.05) is 24.3 Å². The molecule has 0 unspecified atom stereocenters. The van der Waals surface area contributed by atoms with Gasteiger partial charge in [0, 0.05) is 65.8 Å². The second kappa shape index (κ2) is 25.1. The zero-order valence-corrected chi connectivity index (χ0v) is 54.4. The highest BCUT2D eigenvalue weighted by atomic mass is 79.9. The molecule has 20 rings (SSSR count). The van der Waals surface area contributed by atoms with Crippen LogP contribution in [0.3, 0.4) is 0 Å². The van der Waals surface area contributed by atoms with Crippen molar-refractivity contribution in [3.8, 4) is 78.1 Å². The number of rotatable bonds is 9. The molecular weight excluding hydrogens is 1250 g/mol. The molecule has 2 aliphatic carbocycles. The molecule has 0 fully saturated rings. The van der Waals surface area contributed by atoms with E-state index in [2.05, 4.69) is 375 Å². The van der Waals surface area contributed by atoms with Crippen molar-refractivity contribution in [2.45, 2.75) is 7.43 Å². The van der Waals surface area contributed by atoms with Crippen LogP contribution in [0.25, 0.3) is 143 Å². The number of fused-ring (bicyclic) bond motifs is 6. The SMILES string of the molecule is Brc1cccc(-n2c3cccc4c3c3c5c(cccc5ccc32)-c2ccccc2-4)c1.C.c1ccc(-c2cccc(N(c3ccccc3)c3cccc(-n4c5cccc6c5c5c7c(cccc7ccc54)-c4ccccc4-6)c3)c2)cc1.c1ccc(Nc2cccc(-c3ccccc3)c2)cc1. The van der Waals surface area contributed by atoms with Crippen LogP contribution in [0.15, 0.2) is 368 Å². The van der Waals surface area contributed by atoms with E-state index in [-0.39, 0.29) is 7.43 Å². The number of nitrogens with one attached hydrogen (secondary N) is 1. The standard InChI is InChI=1S/C46H30N2.C28H16BrN.C18H15N.CH4/c1-3-13-31(14-4-1)33-16-9-19-35(29-33)47(34-17-5-2-6-18-34)36-20-11-21-37(30-36)48-42-26-12-25-41-39-23-8-7-22-38(39)40-24-10-15-32-27-28-43(48)46(44(32)40)45(41)42;29-18-7-4-8-19(16-18)30-24-13-5-12-23-21-10-2-1-9-20(21)22-11-3-6-17-14-15-25(30)28(26(17)22)27(23)24;1-3-8-15(9-4-1)16-10-7-13-18(14-16)19-17-11-5-2-6-12-17;/h1-30H;1-16H;1-14,19H;1H4. The monoisotopic (exact) mass is 1320 g/mol. The van der Waals surface area contributed by atoms with Crippen LogP contribution in [0.2, 0.25) is 0 Å². The first kappa shape index (κ1) is 59.5. The Balaban J connectivity index is 0.000000123. The second-order valence-electron chi connectivity index (χ2n) is 24.9. The van der Waals surface area contributed by atoms with Crippen molar-refractivity contribution in [2.24, 2.45) is 0 Å². The Kier molecular flexibility index (Phi) is 15.2. The summed E-state index contributed by atoms with van der Waals surface area (Å²) in [5.41, 5.74) is 28.1. The molecule has 0 spiro atoms. The molecule has 0 radical (unpaired) electrons. The fourth-order valence-electron chi connectivity index (χ4n) is 15.2. The number of halogens is 1. The number of nitrogens with zero attached hydrogens (tertiary/aromatic N) is 3. The van der Waals surface area contributed by atoms with Gasteiger partial charge in [-0.3, -0.25) is 0 Å². The van der Waals surface area contributed by atoms with Crippen molar-refractivity contribution >= 4 is 110 Å². The van der Waals surface area contributed by atoms with Gasteiger partial charge in [0.15, 0.2) is 0 Å². The predicted molar refractivity (Wildman–Crippen MR) is 422 cm³/mol. The first-order valence-electron chi connectivity index (χ1n) is 33.1. The lowest BCUT2D eigenvalue weighted by atomic mass is 9.93. The molecule has 2 aliphatic rings. The highest BCUT2D eigenvalue weighted by Gasteiger charge is 2.27. The van der Waals surface area contributed by atoms with Gasteiger partial charge in [-0.05, 0) is 198 Å². The van der Waals surface area contributed by atoms with Crippen LogP contribution in [-0.4, -0.2) is 9.13 Å². The van der Waals surface area contributed by atoms with Crippen LogP contribution < -0.4 is 10.2 Å². The number of anilines is 5. The highest BCUT2D eigenvalue weighted by molar-refractivity contribution is 9.10. The number of aromatic nitrogens is 2. The van der Waals surface area contributed by atoms with E-state index in [1.165, 1.54) is 138 Å². The van der Waals surface area contributed by atoms with E-state index in [4.69, 9.17) is 0 Å². The molecule has 5 heteroatoms. The second-order valence-corrected chi connectivity index (χ2v) is 25.8.